The molecule has 14 heteroatoms. The van der Waals surface area contributed by atoms with E-state index in [0.717, 1.165) is 0 Å². The fraction of sp³-hybridized carbons (Fsp3) is 0.344. The summed E-state index contributed by atoms with van der Waals surface area (Å²) in [7, 11) is 1.26. The summed E-state index contributed by atoms with van der Waals surface area (Å²) in [6, 6.07) is 9.27. The minimum absolute atomic E-state index is 0.131. The van der Waals surface area contributed by atoms with Crippen LogP contribution in [0, 0.1) is 0 Å². The number of methoxy groups -OCH3 is 1. The zero-order valence-electron chi connectivity index (χ0n) is 25.9. The fourth-order valence-electron chi connectivity index (χ4n) is 4.60. The van der Waals surface area contributed by atoms with Gasteiger partial charge in [0.2, 0.25) is 0 Å². The lowest BCUT2D eigenvalue weighted by Crippen LogP contribution is -2.40. The third kappa shape index (κ3) is 7.85. The van der Waals surface area contributed by atoms with Gasteiger partial charge < -0.3 is 28.4 Å². The number of ether oxygens (including phenoxy) is 6. The number of carbonyl (C=O) groups excluding carboxylic acids is 3. The van der Waals surface area contributed by atoms with Gasteiger partial charge in [-0.15, -0.1) is 0 Å². The number of esters is 3. The van der Waals surface area contributed by atoms with Gasteiger partial charge in [-0.05, 0) is 85.1 Å². The van der Waals surface area contributed by atoms with Crippen LogP contribution in [-0.2, 0) is 28.6 Å². The maximum atomic E-state index is 14.0. The minimum atomic E-state index is -0.892. The first-order valence-corrected chi connectivity index (χ1v) is 16.0. The number of hydrogen-bond donors (Lipinski definition) is 0. The van der Waals surface area contributed by atoms with Gasteiger partial charge in [-0.2, -0.15) is 0 Å². The summed E-state index contributed by atoms with van der Waals surface area (Å²) in [6.45, 7) is 7.02. The summed E-state index contributed by atoms with van der Waals surface area (Å²) in [6.07, 6.45) is 1.71. The van der Waals surface area contributed by atoms with E-state index in [4.69, 9.17) is 23.7 Å². The maximum absolute atomic E-state index is 14.0. The highest BCUT2D eigenvalue weighted by molar-refractivity contribution is 9.10. The van der Waals surface area contributed by atoms with Crippen LogP contribution < -0.4 is 29.1 Å². The average Bonchev–Trinajstić information content (AvgIpc) is 3.33. The van der Waals surface area contributed by atoms with Crippen molar-refractivity contribution in [3.8, 4) is 17.2 Å². The first-order valence-electron chi connectivity index (χ1n) is 14.4. The highest BCUT2D eigenvalue weighted by Crippen LogP contribution is 2.36. The third-order valence-electron chi connectivity index (χ3n) is 6.58. The molecule has 0 radical (unpaired) electrons. The minimum Gasteiger partial charge on any atom is -0.490 e. The lowest BCUT2D eigenvalue weighted by molar-refractivity contribution is -0.145. The average molecular weight is 718 g/mol. The number of rotatable bonds is 13. The summed E-state index contributed by atoms with van der Waals surface area (Å²) in [5, 5.41) is 0. The van der Waals surface area contributed by atoms with Crippen LogP contribution in [0.3, 0.4) is 0 Å². The second-order valence-electron chi connectivity index (χ2n) is 9.59. The number of aromatic nitrogens is 1. The van der Waals surface area contributed by atoms with Crippen molar-refractivity contribution in [3.05, 3.63) is 83.0 Å². The number of carbonyl (C=O) groups is 3. The topological polar surface area (TPSA) is 141 Å². The van der Waals surface area contributed by atoms with Gasteiger partial charge in [0.25, 0.3) is 5.56 Å². The smallest absolute Gasteiger partial charge is 0.344 e. The Labute approximate surface area is 277 Å². The number of fused-ring (bicyclic) bond motifs is 1. The third-order valence-corrected chi connectivity index (χ3v) is 8.18. The molecule has 0 unspecified atom stereocenters. The molecule has 0 N–H and O–H groups in total. The van der Waals surface area contributed by atoms with Gasteiger partial charge in [-0.3, -0.25) is 9.36 Å². The summed E-state index contributed by atoms with van der Waals surface area (Å²) < 4.78 is 34.3. The molecule has 0 saturated carbocycles. The van der Waals surface area contributed by atoms with Crippen molar-refractivity contribution in [2.24, 2.45) is 4.99 Å². The Kier molecular flexibility index (Phi) is 11.8. The van der Waals surface area contributed by atoms with E-state index < -0.39 is 23.9 Å². The van der Waals surface area contributed by atoms with Crippen molar-refractivity contribution in [3.63, 3.8) is 0 Å². The van der Waals surface area contributed by atoms with Gasteiger partial charge in [0, 0.05) is 0 Å². The van der Waals surface area contributed by atoms with Crippen molar-refractivity contribution < 1.29 is 42.8 Å². The van der Waals surface area contributed by atoms with E-state index in [9.17, 15) is 19.2 Å². The molecule has 1 atom stereocenters. The standard InChI is InChI=1S/C32H33BrN2O10S/c1-6-41-24-15-20(10-12-23(24)45-16-26(36)40-5)29-28(31(39)43-8-3)18(4)34-32-35(29)30(38)25(46-32)14-19-9-11-22(21(33)13-19)44-17-27(37)42-7-2/h9-15,29H,6-8,16-17H2,1-5H3/b25-14-/t29-/m1/s1. The van der Waals surface area contributed by atoms with Crippen LogP contribution in [0.2, 0.25) is 0 Å². The molecule has 0 saturated heterocycles. The Bertz CT molecular complexity index is 1850. The number of thiazole rings is 1. The van der Waals surface area contributed by atoms with Gasteiger partial charge in [0.15, 0.2) is 29.5 Å². The number of nitrogens with zero attached hydrogens (tertiary/aromatic N) is 2. The molecule has 1 aliphatic rings. The molecule has 3 aromatic rings. The molecule has 4 rings (SSSR count). The second-order valence-corrected chi connectivity index (χ2v) is 11.5. The van der Waals surface area contributed by atoms with Crippen molar-refractivity contribution in [1.29, 1.82) is 0 Å². The van der Waals surface area contributed by atoms with Crippen molar-refractivity contribution in [2.75, 3.05) is 40.1 Å². The van der Waals surface area contributed by atoms with E-state index in [1.807, 2.05) is 0 Å². The van der Waals surface area contributed by atoms with Crippen molar-refractivity contribution >= 4 is 51.3 Å². The van der Waals surface area contributed by atoms with Gasteiger partial charge >= 0.3 is 17.9 Å². The largest absolute Gasteiger partial charge is 0.490 e. The fourth-order valence-corrected chi connectivity index (χ4v) is 6.16. The van der Waals surface area contributed by atoms with Gasteiger partial charge in [0.05, 0.1) is 53.2 Å². The van der Waals surface area contributed by atoms with Crippen LogP contribution in [0.25, 0.3) is 6.08 Å². The number of halogens is 1. The Morgan fingerprint density at radius 3 is 2.28 bits per heavy atom. The van der Waals surface area contributed by atoms with Crippen LogP contribution in [0.5, 0.6) is 17.2 Å². The quantitative estimate of drug-likeness (QED) is 0.191. The van der Waals surface area contributed by atoms with Gasteiger partial charge in [-0.25, -0.2) is 19.4 Å². The zero-order valence-corrected chi connectivity index (χ0v) is 28.3. The first-order chi connectivity index (χ1) is 22.1. The van der Waals surface area contributed by atoms with Crippen LogP contribution in [-0.4, -0.2) is 62.6 Å². The molecular formula is C32H33BrN2O10S. The number of benzene rings is 2. The highest BCUT2D eigenvalue weighted by atomic mass is 79.9. The van der Waals surface area contributed by atoms with Crippen LogP contribution >= 0.6 is 27.3 Å². The molecule has 1 aliphatic heterocycles. The summed E-state index contributed by atoms with van der Waals surface area (Å²) in [5.41, 5.74) is 1.48. The predicted octanol–water partition coefficient (Wildman–Crippen LogP) is 3.45. The molecular weight excluding hydrogens is 684 g/mol. The molecule has 0 aliphatic carbocycles. The first kappa shape index (κ1) is 34.4. The predicted molar refractivity (Wildman–Crippen MR) is 172 cm³/mol. The Hall–Kier alpha value is -4.43. The zero-order chi connectivity index (χ0) is 33.4. The SMILES string of the molecule is CCOC(=O)COc1ccc(/C=c2\sc3n(c2=O)[C@H](c2ccc(OCC(=O)OC)c(OCC)c2)C(C(=O)OCC)=C(C)N=3)cc1Br. The molecule has 1 aromatic heterocycles. The molecule has 2 aromatic carbocycles. The van der Waals surface area contributed by atoms with E-state index in [1.54, 1.807) is 70.2 Å². The number of allylic oxidation sites excluding steroid dienone is 1. The van der Waals surface area contributed by atoms with Crippen molar-refractivity contribution in [1.82, 2.24) is 4.57 Å². The van der Waals surface area contributed by atoms with Gasteiger partial charge in [0.1, 0.15) is 5.75 Å². The lowest BCUT2D eigenvalue weighted by Gasteiger charge is -2.25. The summed E-state index contributed by atoms with van der Waals surface area (Å²) in [4.78, 5) is 55.7. The Balaban J connectivity index is 1.79. The van der Waals surface area contributed by atoms with Crippen LogP contribution in [0.1, 0.15) is 44.9 Å². The number of hydrogen-bond acceptors (Lipinski definition) is 12. The molecule has 244 valence electrons. The van der Waals surface area contributed by atoms with Crippen LogP contribution in [0.4, 0.5) is 0 Å². The maximum Gasteiger partial charge on any atom is 0.344 e. The Morgan fingerprint density at radius 1 is 0.913 bits per heavy atom. The highest BCUT2D eigenvalue weighted by Gasteiger charge is 2.34. The van der Waals surface area contributed by atoms with E-state index in [0.29, 0.717) is 54.5 Å². The normalized spacial score (nSPS) is 14.2. The van der Waals surface area contributed by atoms with Gasteiger partial charge in [-0.1, -0.05) is 23.5 Å². The van der Waals surface area contributed by atoms with E-state index >= 15 is 0 Å². The van der Waals surface area contributed by atoms with Crippen LogP contribution in [0.15, 0.2) is 61.9 Å². The lowest BCUT2D eigenvalue weighted by atomic mass is 9.95. The van der Waals surface area contributed by atoms with E-state index in [1.165, 1.54) is 23.0 Å². The summed E-state index contributed by atoms with van der Waals surface area (Å²) in [5.74, 6) is -0.600. The molecule has 0 spiro atoms. The van der Waals surface area contributed by atoms with E-state index in [-0.39, 0.29) is 37.6 Å². The van der Waals surface area contributed by atoms with E-state index in [2.05, 4.69) is 25.7 Å². The second kappa shape index (κ2) is 15.7. The molecule has 0 bridgehead atoms. The van der Waals surface area contributed by atoms with Crippen molar-refractivity contribution in [2.45, 2.75) is 33.7 Å². The molecule has 0 amide bonds. The molecule has 46 heavy (non-hydrogen) atoms. The molecule has 0 fully saturated rings. The molecule has 2 heterocycles. The monoisotopic (exact) mass is 716 g/mol. The Morgan fingerprint density at radius 2 is 1.61 bits per heavy atom. The summed E-state index contributed by atoms with van der Waals surface area (Å²) >= 11 is 4.63. The molecule has 12 nitrogen and oxygen atoms in total.